The normalized spacial score (nSPS) is 11.5. The summed E-state index contributed by atoms with van der Waals surface area (Å²) < 4.78 is 22.8. The summed E-state index contributed by atoms with van der Waals surface area (Å²) in [6, 6.07) is 6.69. The van der Waals surface area contributed by atoms with Gasteiger partial charge in [0.05, 0.1) is 12.0 Å². The Bertz CT molecular complexity index is 386. The van der Waals surface area contributed by atoms with Crippen LogP contribution in [0.2, 0.25) is 0 Å². The molecule has 0 bridgehead atoms. The maximum Gasteiger partial charge on any atom is 0.262 e. The molecule has 0 unspecified atom stereocenters. The molecule has 72 valence electrons. The van der Waals surface area contributed by atoms with Gasteiger partial charge in [0.2, 0.25) is 0 Å². The summed E-state index contributed by atoms with van der Waals surface area (Å²) in [7, 11) is -2.25. The molecule has 0 heterocycles. The van der Waals surface area contributed by atoms with E-state index in [4.69, 9.17) is 0 Å². The average Bonchev–Trinajstić information content (AvgIpc) is 2.04. The Morgan fingerprint density at radius 3 is 2.46 bits per heavy atom. The number of hydrogen-bond donors (Lipinski definition) is 1. The zero-order chi connectivity index (χ0) is 9.90. The number of sulfonamides is 1. The highest BCUT2D eigenvalue weighted by Crippen LogP contribution is 2.13. The number of hydrogen-bond acceptors (Lipinski definition) is 3. The summed E-state index contributed by atoms with van der Waals surface area (Å²) in [4.78, 5) is 6.56. The molecule has 1 aromatic carbocycles. The molecule has 0 aliphatic rings. The van der Waals surface area contributed by atoms with Crippen molar-refractivity contribution in [3.05, 3.63) is 29.8 Å². The third kappa shape index (κ3) is 2.27. The molecule has 5 heteroatoms. The molecule has 0 aliphatic heterocycles. The SMILES string of the molecule is CONS(=O)(=O)c1ccccc1C. The predicted octanol–water partition coefficient (Wildman–Crippen LogP) is 0.835. The Morgan fingerprint density at radius 2 is 1.92 bits per heavy atom. The smallest absolute Gasteiger partial charge is 0.262 e. The fourth-order valence-electron chi connectivity index (χ4n) is 1.01. The maximum atomic E-state index is 11.4. The van der Waals surface area contributed by atoms with Crippen molar-refractivity contribution in [2.45, 2.75) is 11.8 Å². The zero-order valence-electron chi connectivity index (χ0n) is 7.44. The van der Waals surface area contributed by atoms with Crippen molar-refractivity contribution in [2.24, 2.45) is 0 Å². The standard InChI is InChI=1S/C8H11NO3S/c1-7-5-3-4-6-8(7)13(10,11)9-12-2/h3-6,9H,1-2H3. The van der Waals surface area contributed by atoms with E-state index in [9.17, 15) is 8.42 Å². The highest BCUT2D eigenvalue weighted by molar-refractivity contribution is 7.89. The van der Waals surface area contributed by atoms with Crippen LogP contribution in [-0.2, 0) is 14.9 Å². The van der Waals surface area contributed by atoms with E-state index in [1.807, 2.05) is 4.89 Å². The fraction of sp³-hybridized carbons (Fsp3) is 0.250. The van der Waals surface area contributed by atoms with Gasteiger partial charge in [0, 0.05) is 0 Å². The molecule has 0 radical (unpaired) electrons. The molecule has 1 N–H and O–H groups in total. The lowest BCUT2D eigenvalue weighted by atomic mass is 10.2. The van der Waals surface area contributed by atoms with Gasteiger partial charge < -0.3 is 0 Å². The Labute approximate surface area is 77.5 Å². The Balaban J connectivity index is 3.15. The van der Waals surface area contributed by atoms with Gasteiger partial charge in [0.15, 0.2) is 0 Å². The molecule has 0 saturated carbocycles. The quantitative estimate of drug-likeness (QED) is 0.737. The fourth-order valence-corrected chi connectivity index (χ4v) is 2.07. The molecule has 1 rings (SSSR count). The second-order valence-corrected chi connectivity index (χ2v) is 4.17. The predicted molar refractivity (Wildman–Crippen MR) is 48.5 cm³/mol. The summed E-state index contributed by atoms with van der Waals surface area (Å²) in [5.41, 5.74) is 0.687. The number of benzene rings is 1. The van der Waals surface area contributed by atoms with E-state index < -0.39 is 10.0 Å². The lowest BCUT2D eigenvalue weighted by molar-refractivity contribution is 0.153. The van der Waals surface area contributed by atoms with E-state index in [1.54, 1.807) is 25.1 Å². The third-order valence-corrected chi connectivity index (χ3v) is 3.00. The molecule has 0 aromatic heterocycles. The summed E-state index contributed by atoms with van der Waals surface area (Å²) in [5.74, 6) is 0. The van der Waals surface area contributed by atoms with Crippen molar-refractivity contribution >= 4 is 10.0 Å². The Kier molecular flexibility index (Phi) is 3.02. The first-order valence-corrected chi connectivity index (χ1v) is 5.16. The summed E-state index contributed by atoms with van der Waals surface area (Å²) in [6.45, 7) is 1.73. The summed E-state index contributed by atoms with van der Waals surface area (Å²) in [5, 5.41) is 0. The molecule has 4 nitrogen and oxygen atoms in total. The van der Waals surface area contributed by atoms with Gasteiger partial charge in [0.25, 0.3) is 10.0 Å². The van der Waals surface area contributed by atoms with Crippen molar-refractivity contribution in [1.29, 1.82) is 0 Å². The molecule has 0 amide bonds. The van der Waals surface area contributed by atoms with Crippen LogP contribution in [0.15, 0.2) is 29.2 Å². The molecular weight excluding hydrogens is 190 g/mol. The molecule has 0 fully saturated rings. The average molecular weight is 201 g/mol. The van der Waals surface area contributed by atoms with Crippen LogP contribution in [0.25, 0.3) is 0 Å². The minimum atomic E-state index is -3.51. The van der Waals surface area contributed by atoms with Gasteiger partial charge in [-0.3, -0.25) is 4.84 Å². The highest BCUT2D eigenvalue weighted by atomic mass is 32.2. The van der Waals surface area contributed by atoms with Crippen LogP contribution in [-0.4, -0.2) is 15.5 Å². The first kappa shape index (κ1) is 10.2. The number of rotatable bonds is 3. The highest BCUT2D eigenvalue weighted by Gasteiger charge is 2.14. The van der Waals surface area contributed by atoms with Crippen LogP contribution in [0.3, 0.4) is 0 Å². The molecule has 0 saturated heterocycles. The number of aryl methyl sites for hydroxylation is 1. The summed E-state index contributed by atoms with van der Waals surface area (Å²) in [6.07, 6.45) is 0. The second kappa shape index (κ2) is 3.87. The lowest BCUT2D eigenvalue weighted by Crippen LogP contribution is -2.22. The second-order valence-electron chi connectivity index (χ2n) is 2.56. The van der Waals surface area contributed by atoms with Crippen LogP contribution in [0.1, 0.15) is 5.56 Å². The van der Waals surface area contributed by atoms with Crippen LogP contribution in [0.4, 0.5) is 0 Å². The Hall–Kier alpha value is -0.910. The molecule has 0 aliphatic carbocycles. The maximum absolute atomic E-state index is 11.4. The largest absolute Gasteiger partial charge is 0.290 e. The topological polar surface area (TPSA) is 55.4 Å². The molecule has 0 atom stereocenters. The van der Waals surface area contributed by atoms with Crippen molar-refractivity contribution < 1.29 is 13.3 Å². The molecule has 13 heavy (non-hydrogen) atoms. The van der Waals surface area contributed by atoms with Crippen LogP contribution >= 0.6 is 0 Å². The van der Waals surface area contributed by atoms with Gasteiger partial charge in [-0.15, -0.1) is 0 Å². The lowest BCUT2D eigenvalue weighted by Gasteiger charge is -2.06. The van der Waals surface area contributed by atoms with Gasteiger partial charge in [0.1, 0.15) is 0 Å². The van der Waals surface area contributed by atoms with Crippen LogP contribution in [0, 0.1) is 6.92 Å². The van der Waals surface area contributed by atoms with Gasteiger partial charge in [-0.2, -0.15) is 0 Å². The first-order valence-electron chi connectivity index (χ1n) is 3.68. The van der Waals surface area contributed by atoms with E-state index in [0.717, 1.165) is 0 Å². The van der Waals surface area contributed by atoms with Crippen molar-refractivity contribution in [1.82, 2.24) is 4.89 Å². The monoisotopic (exact) mass is 201 g/mol. The zero-order valence-corrected chi connectivity index (χ0v) is 8.26. The van der Waals surface area contributed by atoms with E-state index in [-0.39, 0.29) is 4.90 Å². The van der Waals surface area contributed by atoms with Crippen LogP contribution in [0.5, 0.6) is 0 Å². The third-order valence-electron chi connectivity index (χ3n) is 1.58. The van der Waals surface area contributed by atoms with Gasteiger partial charge in [-0.1, -0.05) is 23.1 Å². The van der Waals surface area contributed by atoms with Crippen molar-refractivity contribution in [3.63, 3.8) is 0 Å². The summed E-state index contributed by atoms with van der Waals surface area (Å²) >= 11 is 0. The van der Waals surface area contributed by atoms with Gasteiger partial charge in [-0.25, -0.2) is 8.42 Å². The van der Waals surface area contributed by atoms with Gasteiger partial charge in [-0.05, 0) is 18.6 Å². The Morgan fingerprint density at radius 1 is 1.31 bits per heavy atom. The minimum Gasteiger partial charge on any atom is -0.290 e. The van der Waals surface area contributed by atoms with E-state index in [1.165, 1.54) is 13.2 Å². The van der Waals surface area contributed by atoms with Crippen LogP contribution < -0.4 is 4.89 Å². The van der Waals surface area contributed by atoms with E-state index in [0.29, 0.717) is 5.56 Å². The van der Waals surface area contributed by atoms with Gasteiger partial charge >= 0.3 is 0 Å². The van der Waals surface area contributed by atoms with E-state index >= 15 is 0 Å². The number of nitrogens with one attached hydrogen (secondary N) is 1. The van der Waals surface area contributed by atoms with Crippen molar-refractivity contribution in [2.75, 3.05) is 7.11 Å². The minimum absolute atomic E-state index is 0.233. The first-order chi connectivity index (χ1) is 6.08. The molecule has 1 aromatic rings. The molecule has 0 spiro atoms. The molecular formula is C8H11NO3S. The van der Waals surface area contributed by atoms with Crippen molar-refractivity contribution in [3.8, 4) is 0 Å². The van der Waals surface area contributed by atoms with E-state index in [2.05, 4.69) is 4.84 Å².